The Morgan fingerprint density at radius 1 is 1.37 bits per heavy atom. The van der Waals surface area contributed by atoms with Crippen molar-refractivity contribution < 1.29 is 14.7 Å². The third kappa shape index (κ3) is 2.61. The van der Waals surface area contributed by atoms with E-state index in [0.29, 0.717) is 18.4 Å². The zero-order chi connectivity index (χ0) is 14.0. The molecule has 0 heterocycles. The maximum absolute atomic E-state index is 12.3. The minimum atomic E-state index is -1.06. The van der Waals surface area contributed by atoms with Gasteiger partial charge in [0.15, 0.2) is 0 Å². The summed E-state index contributed by atoms with van der Waals surface area (Å²) >= 11 is 1.56. The predicted molar refractivity (Wildman–Crippen MR) is 74.6 cm³/mol. The van der Waals surface area contributed by atoms with Gasteiger partial charge in [-0.3, -0.25) is 4.79 Å². The first-order valence-corrected chi connectivity index (χ1v) is 7.41. The second-order valence-electron chi connectivity index (χ2n) is 4.88. The van der Waals surface area contributed by atoms with E-state index in [4.69, 9.17) is 0 Å². The molecule has 0 radical (unpaired) electrons. The number of carbonyl (C=O) groups excluding carboxylic acids is 1. The zero-order valence-electron chi connectivity index (χ0n) is 11.0. The van der Waals surface area contributed by atoms with Gasteiger partial charge < -0.3 is 10.4 Å². The van der Waals surface area contributed by atoms with Gasteiger partial charge in [-0.15, -0.1) is 11.8 Å². The molecular formula is C14H17NO3S. The number of carboxylic acids is 1. The number of nitrogens with one attached hydrogen (secondary N) is 1. The van der Waals surface area contributed by atoms with Crippen LogP contribution in [0.2, 0.25) is 0 Å². The van der Waals surface area contributed by atoms with Crippen LogP contribution < -0.4 is 5.32 Å². The van der Waals surface area contributed by atoms with E-state index in [1.54, 1.807) is 11.8 Å². The molecule has 1 aromatic rings. The molecule has 2 N–H and O–H groups in total. The summed E-state index contributed by atoms with van der Waals surface area (Å²) in [5.41, 5.74) is 0.355. The molecule has 1 amide bonds. The van der Waals surface area contributed by atoms with E-state index in [-0.39, 0.29) is 5.91 Å². The Labute approximate surface area is 116 Å². The number of aryl methyl sites for hydroxylation is 1. The molecule has 19 heavy (non-hydrogen) atoms. The normalized spacial score (nSPS) is 16.5. The molecule has 5 heteroatoms. The van der Waals surface area contributed by atoms with Crippen molar-refractivity contribution in [3.63, 3.8) is 0 Å². The molecule has 0 bridgehead atoms. The molecule has 1 fully saturated rings. The Balaban J connectivity index is 2.22. The summed E-state index contributed by atoms with van der Waals surface area (Å²) in [5, 5.41) is 11.9. The third-order valence-corrected chi connectivity index (χ3v) is 4.38. The highest BCUT2D eigenvalue weighted by Crippen LogP contribution is 2.32. The number of carbonyl (C=O) groups is 2. The van der Waals surface area contributed by atoms with Crippen LogP contribution in [-0.2, 0) is 4.79 Å². The first-order valence-electron chi connectivity index (χ1n) is 6.19. The van der Waals surface area contributed by atoms with E-state index in [2.05, 4.69) is 5.32 Å². The lowest BCUT2D eigenvalue weighted by Gasteiger charge is -2.38. The van der Waals surface area contributed by atoms with Crippen LogP contribution >= 0.6 is 11.8 Å². The summed E-state index contributed by atoms with van der Waals surface area (Å²) < 4.78 is 0. The third-order valence-electron chi connectivity index (χ3n) is 3.66. The van der Waals surface area contributed by atoms with E-state index in [1.807, 2.05) is 31.4 Å². The Morgan fingerprint density at radius 3 is 2.53 bits per heavy atom. The number of hydrogen-bond donors (Lipinski definition) is 2. The Morgan fingerprint density at radius 2 is 2.05 bits per heavy atom. The Bertz CT molecular complexity index is 523. The number of benzene rings is 1. The van der Waals surface area contributed by atoms with Gasteiger partial charge in [0.1, 0.15) is 5.54 Å². The summed E-state index contributed by atoms with van der Waals surface area (Å²) in [5.74, 6) is -1.23. The summed E-state index contributed by atoms with van der Waals surface area (Å²) in [4.78, 5) is 24.5. The molecule has 0 saturated heterocycles. The van der Waals surface area contributed by atoms with Crippen LogP contribution in [0.25, 0.3) is 0 Å². The van der Waals surface area contributed by atoms with Crippen LogP contribution in [0.15, 0.2) is 23.1 Å². The van der Waals surface area contributed by atoms with Crippen molar-refractivity contribution >= 4 is 23.6 Å². The highest BCUT2D eigenvalue weighted by molar-refractivity contribution is 7.98. The van der Waals surface area contributed by atoms with Gasteiger partial charge in [0.05, 0.1) is 0 Å². The van der Waals surface area contributed by atoms with Crippen molar-refractivity contribution in [2.75, 3.05) is 6.26 Å². The van der Waals surface area contributed by atoms with Crippen LogP contribution in [0.5, 0.6) is 0 Å². The Kier molecular flexibility index (Phi) is 3.85. The number of carboxylic acid groups (broad SMARTS) is 1. The van der Waals surface area contributed by atoms with Crippen LogP contribution in [-0.4, -0.2) is 28.8 Å². The largest absolute Gasteiger partial charge is 0.480 e. The van der Waals surface area contributed by atoms with Crippen LogP contribution in [0.4, 0.5) is 0 Å². The summed E-state index contributed by atoms with van der Waals surface area (Å²) in [6.07, 6.45) is 3.80. The van der Waals surface area contributed by atoms with E-state index in [1.165, 1.54) is 0 Å². The van der Waals surface area contributed by atoms with Crippen molar-refractivity contribution in [3.8, 4) is 0 Å². The fourth-order valence-corrected chi connectivity index (χ4v) is 2.62. The molecule has 1 aliphatic rings. The van der Waals surface area contributed by atoms with Crippen molar-refractivity contribution in [1.29, 1.82) is 0 Å². The van der Waals surface area contributed by atoms with E-state index < -0.39 is 11.5 Å². The quantitative estimate of drug-likeness (QED) is 0.831. The van der Waals surface area contributed by atoms with Crippen molar-refractivity contribution in [2.24, 2.45) is 0 Å². The highest BCUT2D eigenvalue weighted by atomic mass is 32.2. The first kappa shape index (κ1) is 13.9. The molecular weight excluding hydrogens is 262 g/mol. The predicted octanol–water partition coefficient (Wildman–Crippen LogP) is 2.45. The fraction of sp³-hybridized carbons (Fsp3) is 0.429. The molecule has 4 nitrogen and oxygen atoms in total. The topological polar surface area (TPSA) is 66.4 Å². The fourth-order valence-electron chi connectivity index (χ4n) is 2.18. The van der Waals surface area contributed by atoms with Gasteiger partial charge in [-0.1, -0.05) is 6.07 Å². The SMILES string of the molecule is CSc1ccc(C)c(C(=O)NC2(C(=O)O)CCC2)c1. The maximum atomic E-state index is 12.3. The molecule has 0 spiro atoms. The average Bonchev–Trinajstić information content (AvgIpc) is 2.33. The first-order chi connectivity index (χ1) is 8.98. The summed E-state index contributed by atoms with van der Waals surface area (Å²) in [6.45, 7) is 1.85. The van der Waals surface area contributed by atoms with E-state index in [0.717, 1.165) is 16.9 Å². The lowest BCUT2D eigenvalue weighted by Crippen LogP contribution is -2.59. The number of aliphatic carboxylic acids is 1. The highest BCUT2D eigenvalue weighted by Gasteiger charge is 2.45. The zero-order valence-corrected chi connectivity index (χ0v) is 11.8. The standard InChI is InChI=1S/C14H17NO3S/c1-9-4-5-10(19-2)8-11(9)12(16)15-14(13(17)18)6-3-7-14/h4-5,8H,3,6-7H2,1-2H3,(H,15,16)(H,17,18). The molecule has 1 aliphatic carbocycles. The number of thioether (sulfide) groups is 1. The van der Waals surface area contributed by atoms with E-state index >= 15 is 0 Å². The van der Waals surface area contributed by atoms with Crippen LogP contribution in [0.1, 0.15) is 35.2 Å². The molecule has 0 atom stereocenters. The average molecular weight is 279 g/mol. The van der Waals surface area contributed by atoms with Crippen molar-refractivity contribution in [1.82, 2.24) is 5.32 Å². The molecule has 0 aromatic heterocycles. The van der Waals surface area contributed by atoms with Gasteiger partial charge in [0.25, 0.3) is 5.91 Å². The summed E-state index contributed by atoms with van der Waals surface area (Å²) in [6, 6.07) is 5.64. The molecule has 102 valence electrons. The molecule has 1 aromatic carbocycles. The van der Waals surface area contributed by atoms with Gasteiger partial charge in [-0.25, -0.2) is 4.79 Å². The molecule has 1 saturated carbocycles. The molecule has 0 unspecified atom stereocenters. The maximum Gasteiger partial charge on any atom is 0.329 e. The minimum Gasteiger partial charge on any atom is -0.480 e. The van der Waals surface area contributed by atoms with Gasteiger partial charge >= 0.3 is 5.97 Å². The van der Waals surface area contributed by atoms with E-state index in [9.17, 15) is 14.7 Å². The van der Waals surface area contributed by atoms with Gasteiger partial charge in [0.2, 0.25) is 0 Å². The van der Waals surface area contributed by atoms with Gasteiger partial charge in [-0.2, -0.15) is 0 Å². The van der Waals surface area contributed by atoms with Crippen molar-refractivity contribution in [3.05, 3.63) is 29.3 Å². The number of amides is 1. The number of hydrogen-bond acceptors (Lipinski definition) is 3. The van der Waals surface area contributed by atoms with Crippen molar-refractivity contribution in [2.45, 2.75) is 36.6 Å². The number of rotatable bonds is 4. The minimum absolute atomic E-state index is 0.296. The smallest absolute Gasteiger partial charge is 0.329 e. The second-order valence-corrected chi connectivity index (χ2v) is 5.76. The van der Waals surface area contributed by atoms with Crippen LogP contribution in [0.3, 0.4) is 0 Å². The summed E-state index contributed by atoms with van der Waals surface area (Å²) in [7, 11) is 0. The second kappa shape index (κ2) is 5.25. The lowest BCUT2D eigenvalue weighted by atomic mass is 9.76. The molecule has 2 rings (SSSR count). The lowest BCUT2D eigenvalue weighted by molar-refractivity contribution is -0.148. The van der Waals surface area contributed by atoms with Gasteiger partial charge in [-0.05, 0) is 50.1 Å². The van der Waals surface area contributed by atoms with Crippen LogP contribution in [0, 0.1) is 6.92 Å². The van der Waals surface area contributed by atoms with Gasteiger partial charge in [0, 0.05) is 10.5 Å². The Hall–Kier alpha value is -1.49. The molecule has 0 aliphatic heterocycles. The monoisotopic (exact) mass is 279 g/mol.